The van der Waals surface area contributed by atoms with E-state index in [0.29, 0.717) is 36.3 Å². The molecule has 0 aromatic heterocycles. The monoisotopic (exact) mass is 329 g/mol. The summed E-state index contributed by atoms with van der Waals surface area (Å²) in [6.45, 7) is 5.41. The third kappa shape index (κ3) is 3.91. The Kier molecular flexibility index (Phi) is 5.54. The van der Waals surface area contributed by atoms with E-state index in [1.54, 1.807) is 6.92 Å². The van der Waals surface area contributed by atoms with Crippen molar-refractivity contribution in [1.29, 1.82) is 0 Å². The Balaban J connectivity index is 2.21. The van der Waals surface area contributed by atoms with Gasteiger partial charge in [-0.1, -0.05) is 35.5 Å². The number of ether oxygens (including phenoxy) is 1. The van der Waals surface area contributed by atoms with Crippen LogP contribution in [-0.4, -0.2) is 24.6 Å². The van der Waals surface area contributed by atoms with Gasteiger partial charge in [0.1, 0.15) is 12.9 Å². The maximum Gasteiger partial charge on any atom is 0.321 e. The highest BCUT2D eigenvalue weighted by Crippen LogP contribution is 2.31. The summed E-state index contributed by atoms with van der Waals surface area (Å²) in [5.41, 5.74) is 1.27. The van der Waals surface area contributed by atoms with Gasteiger partial charge in [-0.05, 0) is 26.3 Å². The number of nitrogens with zero attached hydrogens (tertiary/aromatic N) is 1. The average Bonchev–Trinajstić information content (AvgIpc) is 2.89. The number of esters is 1. The van der Waals surface area contributed by atoms with E-state index >= 15 is 0 Å². The van der Waals surface area contributed by atoms with Crippen molar-refractivity contribution < 1.29 is 19.2 Å². The summed E-state index contributed by atoms with van der Waals surface area (Å²) in [7, 11) is 1.46. The van der Waals surface area contributed by atoms with Crippen LogP contribution in [0.1, 0.15) is 45.6 Å². The van der Waals surface area contributed by atoms with Gasteiger partial charge in [0.15, 0.2) is 5.78 Å². The molecule has 1 aliphatic carbocycles. The van der Waals surface area contributed by atoms with Gasteiger partial charge in [0, 0.05) is 24.8 Å². The second-order valence-corrected chi connectivity index (χ2v) is 6.39. The summed E-state index contributed by atoms with van der Waals surface area (Å²) >= 11 is 0. The van der Waals surface area contributed by atoms with Crippen LogP contribution in [0.5, 0.6) is 0 Å². The molecule has 5 nitrogen and oxygen atoms in total. The molecule has 0 radical (unpaired) electrons. The average molecular weight is 329 g/mol. The van der Waals surface area contributed by atoms with Gasteiger partial charge >= 0.3 is 5.97 Å². The molecular formula is C19H23NO4. The number of oxime groups is 1. The minimum absolute atomic E-state index is 0.000898. The highest BCUT2D eigenvalue weighted by atomic mass is 16.6. The zero-order chi connectivity index (χ0) is 17.7. The standard InChI is InChI=1S/C19H23NO4/c1-13(20-23-4)12-15-16(21)10-11-17(15)24-18(22)19(2,3)14-8-6-5-7-9-14/h5-9H,10-12H2,1-4H3. The lowest BCUT2D eigenvalue weighted by Crippen LogP contribution is -2.31. The summed E-state index contributed by atoms with van der Waals surface area (Å²) in [5, 5.41) is 3.82. The second-order valence-electron chi connectivity index (χ2n) is 6.39. The number of ketones is 1. The van der Waals surface area contributed by atoms with Crippen molar-refractivity contribution >= 4 is 17.5 Å². The Labute approximate surface area is 142 Å². The molecule has 1 aromatic rings. The largest absolute Gasteiger partial charge is 0.430 e. The van der Waals surface area contributed by atoms with Crippen LogP contribution in [0.15, 0.2) is 46.8 Å². The summed E-state index contributed by atoms with van der Waals surface area (Å²) in [5.74, 6) is 0.0952. The Bertz CT molecular complexity index is 687. The van der Waals surface area contributed by atoms with E-state index in [4.69, 9.17) is 9.57 Å². The predicted octanol–water partition coefficient (Wildman–Crippen LogP) is 3.54. The summed E-state index contributed by atoms with van der Waals surface area (Å²) in [4.78, 5) is 29.5. The third-order valence-corrected chi connectivity index (χ3v) is 4.15. The van der Waals surface area contributed by atoms with Crippen LogP contribution in [-0.2, 0) is 24.6 Å². The molecular weight excluding hydrogens is 306 g/mol. The van der Waals surface area contributed by atoms with Crippen LogP contribution in [0, 0.1) is 0 Å². The quantitative estimate of drug-likeness (QED) is 0.455. The molecule has 0 fully saturated rings. The minimum Gasteiger partial charge on any atom is -0.430 e. The fourth-order valence-corrected chi connectivity index (χ4v) is 2.65. The van der Waals surface area contributed by atoms with Crippen molar-refractivity contribution in [3.05, 3.63) is 47.2 Å². The van der Waals surface area contributed by atoms with E-state index in [0.717, 1.165) is 5.56 Å². The number of allylic oxidation sites excluding steroid dienone is 2. The van der Waals surface area contributed by atoms with Gasteiger partial charge in [0.2, 0.25) is 0 Å². The van der Waals surface area contributed by atoms with Crippen LogP contribution in [0.25, 0.3) is 0 Å². The predicted molar refractivity (Wildman–Crippen MR) is 91.6 cm³/mol. The molecule has 0 saturated carbocycles. The first-order valence-electron chi connectivity index (χ1n) is 7.96. The second kappa shape index (κ2) is 7.43. The van der Waals surface area contributed by atoms with Crippen molar-refractivity contribution in [1.82, 2.24) is 0 Å². The van der Waals surface area contributed by atoms with E-state index in [1.165, 1.54) is 7.11 Å². The lowest BCUT2D eigenvalue weighted by atomic mass is 9.85. The van der Waals surface area contributed by atoms with Crippen molar-refractivity contribution in [2.45, 2.75) is 45.4 Å². The van der Waals surface area contributed by atoms with Gasteiger partial charge in [-0.2, -0.15) is 0 Å². The van der Waals surface area contributed by atoms with Crippen LogP contribution in [0.4, 0.5) is 0 Å². The maximum absolute atomic E-state index is 12.7. The number of hydrogen-bond acceptors (Lipinski definition) is 5. The molecule has 0 heterocycles. The molecule has 5 heteroatoms. The van der Waals surface area contributed by atoms with Crippen molar-refractivity contribution in [2.75, 3.05) is 7.11 Å². The first kappa shape index (κ1) is 17.9. The molecule has 0 spiro atoms. The molecule has 0 unspecified atom stereocenters. The Hall–Kier alpha value is -2.43. The zero-order valence-electron chi connectivity index (χ0n) is 14.6. The topological polar surface area (TPSA) is 65.0 Å². The van der Waals surface area contributed by atoms with E-state index < -0.39 is 5.41 Å². The van der Waals surface area contributed by atoms with Gasteiger partial charge in [-0.25, -0.2) is 0 Å². The lowest BCUT2D eigenvalue weighted by molar-refractivity contribution is -0.145. The normalized spacial score (nSPS) is 15.7. The first-order valence-corrected chi connectivity index (χ1v) is 7.96. The molecule has 0 bridgehead atoms. The van der Waals surface area contributed by atoms with Gasteiger partial charge in [0.25, 0.3) is 0 Å². The van der Waals surface area contributed by atoms with Gasteiger partial charge < -0.3 is 9.57 Å². The highest BCUT2D eigenvalue weighted by Gasteiger charge is 2.35. The number of carbonyl (C=O) groups excluding carboxylic acids is 2. The smallest absolute Gasteiger partial charge is 0.321 e. The molecule has 1 aliphatic rings. The molecule has 0 amide bonds. The van der Waals surface area contributed by atoms with Crippen LogP contribution >= 0.6 is 0 Å². The van der Waals surface area contributed by atoms with Gasteiger partial charge in [-0.15, -0.1) is 0 Å². The fraction of sp³-hybridized carbons (Fsp3) is 0.421. The number of carbonyl (C=O) groups is 2. The van der Waals surface area contributed by atoms with E-state index in [9.17, 15) is 9.59 Å². The lowest BCUT2D eigenvalue weighted by Gasteiger charge is -2.23. The number of benzene rings is 1. The van der Waals surface area contributed by atoms with Crippen LogP contribution < -0.4 is 0 Å². The molecule has 128 valence electrons. The van der Waals surface area contributed by atoms with Gasteiger partial charge in [0.05, 0.1) is 11.1 Å². The Morgan fingerprint density at radius 2 is 1.88 bits per heavy atom. The van der Waals surface area contributed by atoms with E-state index in [-0.39, 0.29) is 11.8 Å². The molecule has 0 atom stereocenters. The molecule has 0 saturated heterocycles. The molecule has 1 aromatic carbocycles. The summed E-state index contributed by atoms with van der Waals surface area (Å²) in [6.07, 6.45) is 1.15. The molecule has 2 rings (SSSR count). The molecule has 0 N–H and O–H groups in total. The zero-order valence-corrected chi connectivity index (χ0v) is 14.6. The van der Waals surface area contributed by atoms with E-state index in [2.05, 4.69) is 5.16 Å². The highest BCUT2D eigenvalue weighted by molar-refractivity contribution is 6.03. The maximum atomic E-state index is 12.7. The number of Topliss-reactive ketones (excluding diaryl/α,β-unsaturated/α-hetero) is 1. The first-order chi connectivity index (χ1) is 11.4. The minimum atomic E-state index is -0.791. The molecule has 24 heavy (non-hydrogen) atoms. The van der Waals surface area contributed by atoms with Crippen molar-refractivity contribution in [2.24, 2.45) is 5.16 Å². The molecule has 0 aliphatic heterocycles. The SMILES string of the molecule is CON=C(C)CC1=C(OC(=O)C(C)(C)c2ccccc2)CCC1=O. The van der Waals surface area contributed by atoms with Crippen molar-refractivity contribution in [3.63, 3.8) is 0 Å². The van der Waals surface area contributed by atoms with Crippen LogP contribution in [0.3, 0.4) is 0 Å². The van der Waals surface area contributed by atoms with E-state index in [1.807, 2.05) is 44.2 Å². The Morgan fingerprint density at radius 3 is 2.50 bits per heavy atom. The van der Waals surface area contributed by atoms with Crippen LogP contribution in [0.2, 0.25) is 0 Å². The third-order valence-electron chi connectivity index (χ3n) is 4.15. The fourth-order valence-electron chi connectivity index (χ4n) is 2.65. The number of hydrogen-bond donors (Lipinski definition) is 0. The van der Waals surface area contributed by atoms with Crippen molar-refractivity contribution in [3.8, 4) is 0 Å². The number of rotatable bonds is 6. The Morgan fingerprint density at radius 1 is 1.21 bits per heavy atom. The summed E-state index contributed by atoms with van der Waals surface area (Å²) < 4.78 is 5.62. The summed E-state index contributed by atoms with van der Waals surface area (Å²) in [6, 6.07) is 9.47. The van der Waals surface area contributed by atoms with Gasteiger partial charge in [-0.3, -0.25) is 9.59 Å².